The van der Waals surface area contributed by atoms with Crippen molar-refractivity contribution >= 4 is 23.3 Å². The number of rotatable bonds is 5. The van der Waals surface area contributed by atoms with Crippen molar-refractivity contribution in [1.82, 2.24) is 15.2 Å². The number of carboxylic acid groups (broad SMARTS) is 1. The minimum atomic E-state index is -0.941. The molecular weight excluding hydrogens is 422 g/mol. The molecule has 1 aromatic carbocycles. The van der Waals surface area contributed by atoms with Crippen molar-refractivity contribution in [2.45, 2.75) is 50.2 Å². The van der Waals surface area contributed by atoms with Crippen LogP contribution in [0.4, 0.5) is 0 Å². The lowest BCUT2D eigenvalue weighted by Gasteiger charge is -2.36. The quantitative estimate of drug-likeness (QED) is 0.511. The summed E-state index contributed by atoms with van der Waals surface area (Å²) < 4.78 is 6.36. The second-order valence-electron chi connectivity index (χ2n) is 8.41. The van der Waals surface area contributed by atoms with Crippen molar-refractivity contribution in [3.8, 4) is 11.3 Å². The predicted molar refractivity (Wildman–Crippen MR) is 125 cm³/mol. The van der Waals surface area contributed by atoms with Crippen LogP contribution in [0.15, 0.2) is 65.2 Å². The van der Waals surface area contributed by atoms with E-state index in [2.05, 4.69) is 15.2 Å². The summed E-state index contributed by atoms with van der Waals surface area (Å²) in [5.74, 6) is 0.595. The predicted octanol–water partition coefficient (Wildman–Crippen LogP) is 5.35. The number of aromatic nitrogens is 1. The average molecular weight is 448 g/mol. The highest BCUT2D eigenvalue weighted by Crippen LogP contribution is 2.43. The Hall–Kier alpha value is -3.19. The molecule has 6 nitrogen and oxygen atoms in total. The average Bonchev–Trinajstić information content (AvgIpc) is 3.45. The van der Waals surface area contributed by atoms with Crippen molar-refractivity contribution in [1.29, 1.82) is 0 Å². The van der Waals surface area contributed by atoms with E-state index in [1.54, 1.807) is 30.5 Å². The van der Waals surface area contributed by atoms with E-state index in [1.165, 1.54) is 19.3 Å². The third-order valence-corrected chi connectivity index (χ3v) is 6.77. The van der Waals surface area contributed by atoms with Gasteiger partial charge in [0.25, 0.3) is 0 Å². The van der Waals surface area contributed by atoms with Gasteiger partial charge in [-0.2, -0.15) is 0 Å². The van der Waals surface area contributed by atoms with Gasteiger partial charge in [-0.25, -0.2) is 4.79 Å². The van der Waals surface area contributed by atoms with Gasteiger partial charge in [0.05, 0.1) is 17.3 Å². The Morgan fingerprint density at radius 1 is 1.06 bits per heavy atom. The highest BCUT2D eigenvalue weighted by molar-refractivity contribution is 7.80. The number of benzene rings is 1. The molecule has 0 amide bonds. The fourth-order valence-corrected chi connectivity index (χ4v) is 5.26. The van der Waals surface area contributed by atoms with E-state index in [-0.39, 0.29) is 17.6 Å². The van der Waals surface area contributed by atoms with E-state index in [1.807, 2.05) is 30.3 Å². The molecule has 1 saturated carbocycles. The number of furan rings is 1. The summed E-state index contributed by atoms with van der Waals surface area (Å²) >= 11 is 5.80. The molecule has 3 aromatic rings. The zero-order valence-corrected chi connectivity index (χ0v) is 18.4. The maximum absolute atomic E-state index is 11.2. The molecule has 164 valence electrons. The minimum absolute atomic E-state index is 0.0902. The second kappa shape index (κ2) is 8.74. The number of thiocarbonyl (C=S) groups is 1. The number of nitrogens with zero attached hydrogens (tertiary/aromatic N) is 2. The molecule has 2 atom stereocenters. The third-order valence-electron chi connectivity index (χ3n) is 6.44. The topological polar surface area (TPSA) is 78.6 Å². The van der Waals surface area contributed by atoms with E-state index in [4.69, 9.17) is 21.7 Å². The highest BCUT2D eigenvalue weighted by atomic mass is 32.1. The van der Waals surface area contributed by atoms with Crippen molar-refractivity contribution in [2.24, 2.45) is 0 Å². The molecule has 0 bridgehead atoms. The number of nitrogens with one attached hydrogen (secondary N) is 1. The smallest absolute Gasteiger partial charge is 0.335 e. The molecule has 2 fully saturated rings. The van der Waals surface area contributed by atoms with Gasteiger partial charge in [0.1, 0.15) is 17.6 Å². The lowest BCUT2D eigenvalue weighted by Crippen LogP contribution is -2.40. The molecule has 32 heavy (non-hydrogen) atoms. The summed E-state index contributed by atoms with van der Waals surface area (Å²) in [6.07, 6.45) is 7.75. The molecule has 0 spiro atoms. The Balaban J connectivity index is 1.51. The van der Waals surface area contributed by atoms with Gasteiger partial charge >= 0.3 is 5.97 Å². The first-order chi connectivity index (χ1) is 15.6. The number of hydrogen-bond acceptors (Lipinski definition) is 4. The van der Waals surface area contributed by atoms with Crippen molar-refractivity contribution in [3.63, 3.8) is 0 Å². The van der Waals surface area contributed by atoms with E-state index < -0.39 is 5.97 Å². The van der Waals surface area contributed by atoms with Crippen LogP contribution in [-0.2, 0) is 0 Å². The molecule has 0 radical (unpaired) electrons. The van der Waals surface area contributed by atoms with Gasteiger partial charge in [-0.05, 0) is 61.5 Å². The van der Waals surface area contributed by atoms with Gasteiger partial charge in [0.15, 0.2) is 5.11 Å². The molecule has 2 aliphatic rings. The van der Waals surface area contributed by atoms with Gasteiger partial charge < -0.3 is 19.7 Å². The third kappa shape index (κ3) is 3.88. The summed E-state index contributed by atoms with van der Waals surface area (Å²) in [5, 5.41) is 13.4. The number of pyridine rings is 1. The van der Waals surface area contributed by atoms with Crippen molar-refractivity contribution < 1.29 is 14.3 Å². The highest BCUT2D eigenvalue weighted by Gasteiger charge is 2.44. The van der Waals surface area contributed by atoms with E-state index in [0.29, 0.717) is 11.8 Å². The molecule has 1 saturated heterocycles. The second-order valence-corrected chi connectivity index (χ2v) is 8.80. The molecule has 5 rings (SSSR count). The molecule has 2 N–H and O–H groups in total. The normalized spacial score (nSPS) is 21.5. The Morgan fingerprint density at radius 3 is 2.53 bits per heavy atom. The monoisotopic (exact) mass is 447 g/mol. The summed E-state index contributed by atoms with van der Waals surface area (Å²) in [6.45, 7) is 0. The van der Waals surface area contributed by atoms with Crippen LogP contribution in [-0.4, -0.2) is 32.1 Å². The lowest BCUT2D eigenvalue weighted by molar-refractivity contribution is 0.0697. The molecule has 2 aromatic heterocycles. The maximum atomic E-state index is 11.2. The lowest BCUT2D eigenvalue weighted by atomic mass is 9.92. The first-order valence-electron chi connectivity index (χ1n) is 11.0. The van der Waals surface area contributed by atoms with E-state index in [0.717, 1.165) is 35.0 Å². The van der Waals surface area contributed by atoms with Gasteiger partial charge in [0.2, 0.25) is 0 Å². The van der Waals surface area contributed by atoms with Gasteiger partial charge in [-0.1, -0.05) is 37.5 Å². The van der Waals surface area contributed by atoms with Gasteiger partial charge in [-0.3, -0.25) is 4.98 Å². The standard InChI is InChI=1S/C25H25N3O3S/c29-24(30)17-11-9-16(10-12-17)20-13-14-21(31-20)23-22(19-8-4-5-15-26-19)27-25(32)28(23)18-6-2-1-3-7-18/h4-5,8-15,18,22-23H,1-3,6-7H2,(H,27,32)(H,29,30). The van der Waals surface area contributed by atoms with Crippen molar-refractivity contribution in [2.75, 3.05) is 0 Å². The molecule has 2 unspecified atom stereocenters. The Morgan fingerprint density at radius 2 is 1.84 bits per heavy atom. The van der Waals surface area contributed by atoms with Crippen LogP contribution < -0.4 is 5.32 Å². The van der Waals surface area contributed by atoms with Crippen LogP contribution in [0, 0.1) is 0 Å². The van der Waals surface area contributed by atoms with Gasteiger partial charge in [-0.15, -0.1) is 0 Å². The number of carbonyl (C=O) groups is 1. The summed E-state index contributed by atoms with van der Waals surface area (Å²) in [5.41, 5.74) is 2.03. The fraction of sp³-hybridized carbons (Fsp3) is 0.320. The number of hydrogen-bond donors (Lipinski definition) is 2. The first-order valence-corrected chi connectivity index (χ1v) is 11.5. The molecule has 3 heterocycles. The van der Waals surface area contributed by atoms with Gasteiger partial charge in [0, 0.05) is 17.8 Å². The first kappa shape index (κ1) is 20.7. The largest absolute Gasteiger partial charge is 0.478 e. The Bertz CT molecular complexity index is 1110. The Labute approximate surface area is 192 Å². The molecule has 7 heteroatoms. The minimum Gasteiger partial charge on any atom is -0.478 e. The molecular formula is C25H25N3O3S. The van der Waals surface area contributed by atoms with Crippen LogP contribution in [0.3, 0.4) is 0 Å². The zero-order chi connectivity index (χ0) is 22.1. The van der Waals surface area contributed by atoms with E-state index >= 15 is 0 Å². The molecule has 1 aliphatic carbocycles. The summed E-state index contributed by atoms with van der Waals surface area (Å²) in [4.78, 5) is 18.1. The van der Waals surface area contributed by atoms with Crippen LogP contribution in [0.25, 0.3) is 11.3 Å². The number of aromatic carboxylic acids is 1. The maximum Gasteiger partial charge on any atom is 0.335 e. The fourth-order valence-electron chi connectivity index (χ4n) is 4.87. The Kier molecular flexibility index (Phi) is 5.66. The zero-order valence-electron chi connectivity index (χ0n) is 17.6. The van der Waals surface area contributed by atoms with Crippen molar-refractivity contribution in [3.05, 3.63) is 77.8 Å². The van der Waals surface area contributed by atoms with Crippen LogP contribution in [0.2, 0.25) is 0 Å². The summed E-state index contributed by atoms with van der Waals surface area (Å²) in [7, 11) is 0. The van der Waals surface area contributed by atoms with Crippen LogP contribution >= 0.6 is 12.2 Å². The van der Waals surface area contributed by atoms with E-state index in [9.17, 15) is 4.79 Å². The SMILES string of the molecule is O=C(O)c1ccc(-c2ccc(C3C(c4ccccn4)NC(=S)N3C3CCCCC3)o2)cc1. The molecule has 1 aliphatic heterocycles. The number of carboxylic acids is 1. The van der Waals surface area contributed by atoms with Crippen LogP contribution in [0.1, 0.15) is 66.0 Å². The van der Waals surface area contributed by atoms with Crippen LogP contribution in [0.5, 0.6) is 0 Å². The summed E-state index contributed by atoms with van der Waals surface area (Å²) in [6, 6.07) is 16.8.